The molecule has 0 saturated carbocycles. The normalized spacial score (nSPS) is 12.0. The van der Waals surface area contributed by atoms with Crippen LogP contribution in [0, 0.1) is 11.6 Å². The van der Waals surface area contributed by atoms with Crippen molar-refractivity contribution in [3.8, 4) is 5.75 Å². The van der Waals surface area contributed by atoms with E-state index >= 15 is 0 Å². The topological polar surface area (TPSA) is 21.3 Å². The van der Waals surface area contributed by atoms with Crippen molar-refractivity contribution in [1.29, 1.82) is 0 Å². The van der Waals surface area contributed by atoms with E-state index in [1.165, 1.54) is 18.2 Å². The molecule has 0 radical (unpaired) electrons. The quantitative estimate of drug-likeness (QED) is 0.785. The fourth-order valence-electron chi connectivity index (χ4n) is 2.04. The number of rotatable bonds is 5. The Morgan fingerprint density at radius 1 is 1.19 bits per heavy atom. The van der Waals surface area contributed by atoms with Crippen LogP contribution in [0.1, 0.15) is 25.5 Å². The molecular formula is C16H16BrF2NO. The van der Waals surface area contributed by atoms with Crippen LogP contribution in [-0.4, -0.2) is 6.61 Å². The SMILES string of the molecule is CCOc1ccc(NC(C)c2ccc(F)cc2Br)cc1F. The smallest absolute Gasteiger partial charge is 0.167 e. The summed E-state index contributed by atoms with van der Waals surface area (Å²) < 4.78 is 32.7. The molecule has 21 heavy (non-hydrogen) atoms. The average molecular weight is 356 g/mol. The first-order valence-corrected chi connectivity index (χ1v) is 7.44. The van der Waals surface area contributed by atoms with Crippen LogP contribution in [0.2, 0.25) is 0 Å². The van der Waals surface area contributed by atoms with E-state index in [-0.39, 0.29) is 17.6 Å². The Morgan fingerprint density at radius 3 is 2.57 bits per heavy atom. The molecule has 2 aromatic carbocycles. The van der Waals surface area contributed by atoms with Crippen molar-refractivity contribution in [2.45, 2.75) is 19.9 Å². The number of ether oxygens (including phenoxy) is 1. The summed E-state index contributed by atoms with van der Waals surface area (Å²) >= 11 is 3.33. The summed E-state index contributed by atoms with van der Waals surface area (Å²) in [7, 11) is 0. The van der Waals surface area contributed by atoms with Gasteiger partial charge in [0.1, 0.15) is 5.82 Å². The van der Waals surface area contributed by atoms with Crippen LogP contribution >= 0.6 is 15.9 Å². The fourth-order valence-corrected chi connectivity index (χ4v) is 2.74. The van der Waals surface area contributed by atoms with Crippen LogP contribution in [0.15, 0.2) is 40.9 Å². The third kappa shape index (κ3) is 3.94. The number of hydrogen-bond donors (Lipinski definition) is 1. The molecule has 0 spiro atoms. The van der Waals surface area contributed by atoms with E-state index in [0.29, 0.717) is 16.8 Å². The third-order valence-corrected chi connectivity index (χ3v) is 3.73. The predicted molar refractivity (Wildman–Crippen MR) is 83.7 cm³/mol. The number of anilines is 1. The molecule has 0 aliphatic rings. The largest absolute Gasteiger partial charge is 0.491 e. The minimum Gasteiger partial charge on any atom is -0.491 e. The monoisotopic (exact) mass is 355 g/mol. The Labute approximate surface area is 131 Å². The summed E-state index contributed by atoms with van der Waals surface area (Å²) in [6.07, 6.45) is 0. The van der Waals surface area contributed by atoms with Gasteiger partial charge in [-0.05, 0) is 43.7 Å². The van der Waals surface area contributed by atoms with Crippen molar-refractivity contribution in [1.82, 2.24) is 0 Å². The van der Waals surface area contributed by atoms with E-state index in [4.69, 9.17) is 4.74 Å². The molecular weight excluding hydrogens is 340 g/mol. The van der Waals surface area contributed by atoms with Crippen LogP contribution in [0.3, 0.4) is 0 Å². The van der Waals surface area contributed by atoms with E-state index in [0.717, 1.165) is 5.56 Å². The Morgan fingerprint density at radius 2 is 1.95 bits per heavy atom. The molecule has 0 amide bonds. The maximum Gasteiger partial charge on any atom is 0.167 e. The van der Waals surface area contributed by atoms with Gasteiger partial charge in [-0.3, -0.25) is 0 Å². The van der Waals surface area contributed by atoms with Crippen LogP contribution in [-0.2, 0) is 0 Å². The zero-order valence-corrected chi connectivity index (χ0v) is 13.4. The third-order valence-electron chi connectivity index (χ3n) is 3.04. The number of benzene rings is 2. The molecule has 0 bridgehead atoms. The summed E-state index contributed by atoms with van der Waals surface area (Å²) in [5.74, 6) is -0.476. The second-order valence-electron chi connectivity index (χ2n) is 4.61. The van der Waals surface area contributed by atoms with Crippen LogP contribution in [0.5, 0.6) is 5.75 Å². The molecule has 0 aliphatic carbocycles. The molecule has 2 aromatic rings. The summed E-state index contributed by atoms with van der Waals surface area (Å²) in [5, 5.41) is 3.18. The molecule has 0 saturated heterocycles. The predicted octanol–water partition coefficient (Wildman–Crippen LogP) is 5.30. The number of hydrogen-bond acceptors (Lipinski definition) is 2. The van der Waals surface area contributed by atoms with Crippen LogP contribution in [0.25, 0.3) is 0 Å². The van der Waals surface area contributed by atoms with Gasteiger partial charge in [0, 0.05) is 22.3 Å². The summed E-state index contributed by atoms with van der Waals surface area (Å²) in [4.78, 5) is 0. The maximum atomic E-state index is 13.8. The van der Waals surface area contributed by atoms with Gasteiger partial charge in [0.2, 0.25) is 0 Å². The van der Waals surface area contributed by atoms with Gasteiger partial charge in [-0.25, -0.2) is 8.78 Å². The van der Waals surface area contributed by atoms with Crippen LogP contribution in [0.4, 0.5) is 14.5 Å². The Balaban J connectivity index is 2.15. The van der Waals surface area contributed by atoms with Gasteiger partial charge >= 0.3 is 0 Å². The molecule has 0 aromatic heterocycles. The van der Waals surface area contributed by atoms with E-state index < -0.39 is 5.82 Å². The van der Waals surface area contributed by atoms with Crippen molar-refractivity contribution < 1.29 is 13.5 Å². The van der Waals surface area contributed by atoms with E-state index in [1.54, 1.807) is 25.1 Å². The first-order valence-electron chi connectivity index (χ1n) is 6.65. The number of nitrogens with one attached hydrogen (secondary N) is 1. The van der Waals surface area contributed by atoms with Gasteiger partial charge < -0.3 is 10.1 Å². The van der Waals surface area contributed by atoms with Crippen molar-refractivity contribution in [2.24, 2.45) is 0 Å². The Bertz CT molecular complexity index is 634. The molecule has 0 fully saturated rings. The van der Waals surface area contributed by atoms with Gasteiger partial charge in [-0.15, -0.1) is 0 Å². The summed E-state index contributed by atoms with van der Waals surface area (Å²) in [6, 6.07) is 9.14. The minimum atomic E-state index is -0.410. The lowest BCUT2D eigenvalue weighted by atomic mass is 10.1. The first-order chi connectivity index (χ1) is 10.0. The second-order valence-corrected chi connectivity index (χ2v) is 5.46. The van der Waals surface area contributed by atoms with Crippen molar-refractivity contribution >= 4 is 21.6 Å². The van der Waals surface area contributed by atoms with Gasteiger partial charge in [0.25, 0.3) is 0 Å². The molecule has 112 valence electrons. The maximum absolute atomic E-state index is 13.8. The molecule has 0 heterocycles. The van der Waals surface area contributed by atoms with Gasteiger partial charge in [-0.2, -0.15) is 0 Å². The Kier molecular flexibility index (Phi) is 5.17. The van der Waals surface area contributed by atoms with Crippen molar-refractivity contribution in [3.63, 3.8) is 0 Å². The highest BCUT2D eigenvalue weighted by Gasteiger charge is 2.11. The lowest BCUT2D eigenvalue weighted by molar-refractivity contribution is 0.321. The molecule has 1 N–H and O–H groups in total. The Hall–Kier alpha value is -1.62. The molecule has 2 rings (SSSR count). The van der Waals surface area contributed by atoms with Crippen LogP contribution < -0.4 is 10.1 Å². The highest BCUT2D eigenvalue weighted by atomic mass is 79.9. The van der Waals surface area contributed by atoms with E-state index in [2.05, 4.69) is 21.2 Å². The molecule has 1 unspecified atom stereocenters. The number of halogens is 3. The highest BCUT2D eigenvalue weighted by molar-refractivity contribution is 9.10. The molecule has 2 nitrogen and oxygen atoms in total. The van der Waals surface area contributed by atoms with E-state index in [9.17, 15) is 8.78 Å². The summed E-state index contributed by atoms with van der Waals surface area (Å²) in [5.41, 5.74) is 1.53. The van der Waals surface area contributed by atoms with Crippen molar-refractivity contribution in [2.75, 3.05) is 11.9 Å². The van der Waals surface area contributed by atoms with E-state index in [1.807, 2.05) is 6.92 Å². The zero-order chi connectivity index (χ0) is 15.4. The lowest BCUT2D eigenvalue weighted by Gasteiger charge is -2.18. The molecule has 5 heteroatoms. The molecule has 1 atom stereocenters. The first kappa shape index (κ1) is 15.8. The average Bonchev–Trinajstić information content (AvgIpc) is 2.41. The lowest BCUT2D eigenvalue weighted by Crippen LogP contribution is -2.08. The molecule has 0 aliphatic heterocycles. The van der Waals surface area contributed by atoms with Gasteiger partial charge in [-0.1, -0.05) is 22.0 Å². The highest BCUT2D eigenvalue weighted by Crippen LogP contribution is 2.28. The second kappa shape index (κ2) is 6.89. The zero-order valence-electron chi connectivity index (χ0n) is 11.8. The fraction of sp³-hybridized carbons (Fsp3) is 0.250. The summed E-state index contributed by atoms with van der Waals surface area (Å²) in [6.45, 7) is 4.15. The van der Waals surface area contributed by atoms with Crippen molar-refractivity contribution in [3.05, 3.63) is 58.1 Å². The minimum absolute atomic E-state index is 0.0997. The standard InChI is InChI=1S/C16H16BrF2NO/c1-3-21-16-7-5-12(9-15(16)19)20-10(2)13-6-4-11(18)8-14(13)17/h4-10,20H,3H2,1-2H3. The van der Waals surface area contributed by atoms with Gasteiger partial charge in [0.15, 0.2) is 11.6 Å². The van der Waals surface area contributed by atoms with Gasteiger partial charge in [0.05, 0.1) is 6.61 Å².